The highest BCUT2D eigenvalue weighted by molar-refractivity contribution is 5.94. The zero-order valence-corrected chi connectivity index (χ0v) is 17.1. The minimum Gasteiger partial charge on any atom is -0.336 e. The Balaban J connectivity index is 0.00000210. The summed E-state index contributed by atoms with van der Waals surface area (Å²) in [4.78, 5) is 15.7. The van der Waals surface area contributed by atoms with Crippen LogP contribution in [0.2, 0.25) is 0 Å². The summed E-state index contributed by atoms with van der Waals surface area (Å²) in [5.41, 5.74) is 0.841. The number of amides is 1. The van der Waals surface area contributed by atoms with Crippen molar-refractivity contribution < 1.29 is 4.79 Å². The molecular formula is C22H34ClN3O. The third-order valence-electron chi connectivity index (χ3n) is 6.75. The highest BCUT2D eigenvalue weighted by atomic mass is 35.5. The first-order chi connectivity index (χ1) is 12.8. The van der Waals surface area contributed by atoms with Crippen molar-refractivity contribution in [1.82, 2.24) is 10.6 Å². The van der Waals surface area contributed by atoms with Gasteiger partial charge in [-0.25, -0.2) is 0 Å². The lowest BCUT2D eigenvalue weighted by Gasteiger charge is -2.44. The fraction of sp³-hybridized carbons (Fsp3) is 0.682. The topological polar surface area (TPSA) is 44.4 Å². The van der Waals surface area contributed by atoms with Gasteiger partial charge in [0.1, 0.15) is 11.7 Å². The summed E-state index contributed by atoms with van der Waals surface area (Å²) >= 11 is 0. The van der Waals surface area contributed by atoms with Gasteiger partial charge in [0.2, 0.25) is 5.91 Å². The molecule has 1 aromatic carbocycles. The first-order valence-electron chi connectivity index (χ1n) is 10.7. The number of halogens is 1. The van der Waals surface area contributed by atoms with Gasteiger partial charge in [-0.2, -0.15) is 0 Å². The molecule has 150 valence electrons. The maximum absolute atomic E-state index is 13.2. The summed E-state index contributed by atoms with van der Waals surface area (Å²) in [7, 11) is 0. The molecule has 1 atom stereocenters. The fourth-order valence-corrected chi connectivity index (χ4v) is 5.32. The Morgan fingerprint density at radius 2 is 1.48 bits per heavy atom. The molecule has 3 aliphatic rings. The molecule has 0 radical (unpaired) electrons. The lowest BCUT2D eigenvalue weighted by Crippen LogP contribution is -2.57. The van der Waals surface area contributed by atoms with Crippen LogP contribution >= 0.6 is 12.4 Å². The standard InChI is InChI=1S/C22H33N3O.ClH/c26-21-22(14-16-23-17-15-22)25(19-12-8-5-9-13-19)20(24-21)18-10-6-3-1-2-4-7-11-18;/h5,8-9,12-13,18,20,23H,1-4,6-7,10-11,14-17H2,(H,24,26);1H. The molecule has 27 heavy (non-hydrogen) atoms. The number of benzene rings is 1. The van der Waals surface area contributed by atoms with E-state index in [0.717, 1.165) is 25.9 Å². The van der Waals surface area contributed by atoms with Crippen LogP contribution in [0.15, 0.2) is 30.3 Å². The molecule has 4 rings (SSSR count). The van der Waals surface area contributed by atoms with E-state index in [2.05, 4.69) is 45.9 Å². The third-order valence-corrected chi connectivity index (χ3v) is 6.75. The van der Waals surface area contributed by atoms with Crippen molar-refractivity contribution in [2.75, 3.05) is 18.0 Å². The first-order valence-corrected chi connectivity index (χ1v) is 10.7. The van der Waals surface area contributed by atoms with Gasteiger partial charge in [0.25, 0.3) is 0 Å². The molecule has 1 aromatic rings. The Kier molecular flexibility index (Phi) is 7.04. The van der Waals surface area contributed by atoms with Crippen LogP contribution in [0.4, 0.5) is 5.69 Å². The average molecular weight is 392 g/mol. The summed E-state index contributed by atoms with van der Waals surface area (Å²) in [6, 6.07) is 10.7. The Morgan fingerprint density at radius 3 is 2.11 bits per heavy atom. The van der Waals surface area contributed by atoms with E-state index in [1.54, 1.807) is 0 Å². The summed E-state index contributed by atoms with van der Waals surface area (Å²) in [6.45, 7) is 1.85. The van der Waals surface area contributed by atoms with Crippen molar-refractivity contribution in [2.45, 2.75) is 75.9 Å². The van der Waals surface area contributed by atoms with E-state index in [9.17, 15) is 4.79 Å². The van der Waals surface area contributed by atoms with Crippen molar-refractivity contribution in [3.8, 4) is 0 Å². The van der Waals surface area contributed by atoms with Gasteiger partial charge in [0.15, 0.2) is 0 Å². The predicted octanol–water partition coefficient (Wildman–Crippen LogP) is 4.24. The maximum Gasteiger partial charge on any atom is 0.247 e. The van der Waals surface area contributed by atoms with Gasteiger partial charge in [-0.05, 0) is 56.8 Å². The van der Waals surface area contributed by atoms with Crippen LogP contribution in [0, 0.1) is 5.92 Å². The molecule has 1 unspecified atom stereocenters. The Labute approximate surface area is 169 Å². The summed E-state index contributed by atoms with van der Waals surface area (Å²) in [5, 5.41) is 6.90. The van der Waals surface area contributed by atoms with Gasteiger partial charge in [-0.3, -0.25) is 4.79 Å². The lowest BCUT2D eigenvalue weighted by atomic mass is 9.85. The van der Waals surface area contributed by atoms with Gasteiger partial charge in [0.05, 0.1) is 0 Å². The molecule has 2 N–H and O–H groups in total. The number of piperidine rings is 1. The minimum atomic E-state index is -0.365. The molecule has 2 heterocycles. The summed E-state index contributed by atoms with van der Waals surface area (Å²) in [6.07, 6.45) is 12.5. The average Bonchev–Trinajstić information content (AvgIpc) is 3.02. The SMILES string of the molecule is Cl.O=C1NC(C2CCCCCCCC2)N(c2ccccc2)C12CCNCC2. The maximum atomic E-state index is 13.2. The third kappa shape index (κ3) is 4.12. The van der Waals surface area contributed by atoms with E-state index in [1.807, 2.05) is 0 Å². The van der Waals surface area contributed by atoms with Crippen LogP contribution in [0.25, 0.3) is 0 Å². The zero-order chi connectivity index (χ0) is 17.8. The van der Waals surface area contributed by atoms with Gasteiger partial charge >= 0.3 is 0 Å². The Hall–Kier alpha value is -1.26. The second-order valence-corrected chi connectivity index (χ2v) is 8.36. The van der Waals surface area contributed by atoms with Crippen molar-refractivity contribution >= 4 is 24.0 Å². The first kappa shape index (κ1) is 20.5. The number of hydrogen-bond acceptors (Lipinski definition) is 3. The molecule has 4 nitrogen and oxygen atoms in total. The summed E-state index contributed by atoms with van der Waals surface area (Å²) in [5.74, 6) is 0.819. The quantitative estimate of drug-likeness (QED) is 0.792. The summed E-state index contributed by atoms with van der Waals surface area (Å²) < 4.78 is 0. The highest BCUT2D eigenvalue weighted by Crippen LogP contribution is 2.41. The molecule has 2 saturated heterocycles. The van der Waals surface area contributed by atoms with E-state index < -0.39 is 0 Å². The van der Waals surface area contributed by atoms with Crippen molar-refractivity contribution in [3.05, 3.63) is 30.3 Å². The monoisotopic (exact) mass is 391 g/mol. The van der Waals surface area contributed by atoms with Gasteiger partial charge in [-0.15, -0.1) is 12.4 Å². The molecule has 2 aliphatic heterocycles. The number of hydrogen-bond donors (Lipinski definition) is 2. The van der Waals surface area contributed by atoms with Crippen molar-refractivity contribution in [1.29, 1.82) is 0 Å². The van der Waals surface area contributed by atoms with Crippen molar-refractivity contribution in [2.24, 2.45) is 5.92 Å². The van der Waals surface area contributed by atoms with Crippen molar-refractivity contribution in [3.63, 3.8) is 0 Å². The van der Waals surface area contributed by atoms with E-state index in [-0.39, 0.29) is 30.0 Å². The van der Waals surface area contributed by atoms with Crippen LogP contribution in [0.1, 0.15) is 64.2 Å². The van der Waals surface area contributed by atoms with Crippen LogP contribution < -0.4 is 15.5 Å². The zero-order valence-electron chi connectivity index (χ0n) is 16.3. The van der Waals surface area contributed by atoms with E-state index in [4.69, 9.17) is 0 Å². The predicted molar refractivity (Wildman–Crippen MR) is 113 cm³/mol. The second-order valence-electron chi connectivity index (χ2n) is 8.36. The largest absolute Gasteiger partial charge is 0.336 e. The molecule has 1 saturated carbocycles. The van der Waals surface area contributed by atoms with Gasteiger partial charge in [0, 0.05) is 5.69 Å². The molecule has 1 aliphatic carbocycles. The van der Waals surface area contributed by atoms with E-state index >= 15 is 0 Å². The lowest BCUT2D eigenvalue weighted by molar-refractivity contribution is -0.124. The molecular weight excluding hydrogens is 358 g/mol. The number of nitrogens with zero attached hydrogens (tertiary/aromatic N) is 1. The Bertz CT molecular complexity index is 593. The molecule has 1 amide bonds. The highest BCUT2D eigenvalue weighted by Gasteiger charge is 2.54. The second kappa shape index (κ2) is 9.29. The molecule has 5 heteroatoms. The van der Waals surface area contributed by atoms with E-state index in [0.29, 0.717) is 5.92 Å². The molecule has 0 bridgehead atoms. The fourth-order valence-electron chi connectivity index (χ4n) is 5.32. The molecule has 3 fully saturated rings. The number of rotatable bonds is 2. The normalized spacial score (nSPS) is 26.6. The number of carbonyl (C=O) groups excluding carboxylic acids is 1. The number of nitrogens with one attached hydrogen (secondary N) is 2. The number of para-hydroxylation sites is 1. The number of carbonyl (C=O) groups is 1. The van der Waals surface area contributed by atoms with E-state index in [1.165, 1.54) is 57.1 Å². The van der Waals surface area contributed by atoms with Crippen LogP contribution in [-0.2, 0) is 4.79 Å². The Morgan fingerprint density at radius 1 is 0.889 bits per heavy atom. The van der Waals surface area contributed by atoms with Gasteiger partial charge in [-0.1, -0.05) is 56.7 Å². The minimum absolute atomic E-state index is 0. The molecule has 0 aromatic heterocycles. The van der Waals surface area contributed by atoms with Crippen LogP contribution in [0.3, 0.4) is 0 Å². The van der Waals surface area contributed by atoms with Gasteiger partial charge < -0.3 is 15.5 Å². The van der Waals surface area contributed by atoms with Crippen LogP contribution in [-0.4, -0.2) is 30.7 Å². The smallest absolute Gasteiger partial charge is 0.247 e. The van der Waals surface area contributed by atoms with Crippen LogP contribution in [0.5, 0.6) is 0 Å². The number of anilines is 1. The molecule has 1 spiro atoms.